The maximum atomic E-state index is 9.09. The molecule has 0 aliphatic carbocycles. The van der Waals surface area contributed by atoms with Crippen LogP contribution in [0, 0.1) is 0 Å². The van der Waals surface area contributed by atoms with E-state index >= 15 is 0 Å². The molecule has 0 aliphatic rings. The summed E-state index contributed by atoms with van der Waals surface area (Å²) in [6, 6.07) is 10.2. The minimum Gasteiger partial charge on any atom is -0.392 e. The van der Waals surface area contributed by atoms with Gasteiger partial charge in [0.25, 0.3) is 0 Å². The lowest BCUT2D eigenvalue weighted by molar-refractivity contribution is 0.282. The highest BCUT2D eigenvalue weighted by molar-refractivity contribution is 9.10. The van der Waals surface area contributed by atoms with E-state index in [1.807, 2.05) is 18.2 Å². The summed E-state index contributed by atoms with van der Waals surface area (Å²) < 4.78 is 1.03. The van der Waals surface area contributed by atoms with Crippen molar-refractivity contribution in [2.24, 2.45) is 0 Å². The molecule has 96 valence electrons. The third-order valence-electron chi connectivity index (χ3n) is 2.88. The van der Waals surface area contributed by atoms with Crippen LogP contribution in [-0.4, -0.2) is 18.7 Å². The minimum atomic E-state index is 0.0811. The highest BCUT2D eigenvalue weighted by atomic mass is 79.9. The van der Waals surface area contributed by atoms with Crippen molar-refractivity contribution < 1.29 is 5.11 Å². The molecule has 2 rings (SSSR count). The summed E-state index contributed by atoms with van der Waals surface area (Å²) in [4.78, 5) is 3.63. The van der Waals surface area contributed by atoms with Crippen molar-refractivity contribution in [3.05, 3.63) is 50.6 Å². The molecule has 0 saturated heterocycles. The van der Waals surface area contributed by atoms with Gasteiger partial charge < -0.3 is 10.0 Å². The third kappa shape index (κ3) is 3.34. The van der Waals surface area contributed by atoms with E-state index in [9.17, 15) is 0 Å². The number of aliphatic hydroxyl groups excluding tert-OH is 1. The van der Waals surface area contributed by atoms with Crippen LogP contribution >= 0.6 is 27.3 Å². The van der Waals surface area contributed by atoms with E-state index in [2.05, 4.69) is 45.4 Å². The van der Waals surface area contributed by atoms with E-state index in [0.717, 1.165) is 28.7 Å². The fourth-order valence-corrected chi connectivity index (χ4v) is 3.24. The zero-order valence-electron chi connectivity index (χ0n) is 10.3. The van der Waals surface area contributed by atoms with E-state index in [1.54, 1.807) is 11.3 Å². The second-order valence-corrected chi connectivity index (χ2v) is 6.08. The number of hydrogen-bond donors (Lipinski definition) is 1. The first-order valence-corrected chi connectivity index (χ1v) is 7.51. The standard InChI is InChI=1S/C14H16BrNOS/c1-16(7-6-12-3-2-8-18-12)14-5-4-11(10-17)9-13(14)15/h2-5,8-9,17H,6-7,10H2,1H3. The first kappa shape index (κ1) is 13.6. The van der Waals surface area contributed by atoms with Gasteiger partial charge in [0.15, 0.2) is 0 Å². The van der Waals surface area contributed by atoms with Crippen molar-refractivity contribution in [2.45, 2.75) is 13.0 Å². The molecule has 0 spiro atoms. The van der Waals surface area contributed by atoms with E-state index in [1.165, 1.54) is 4.88 Å². The van der Waals surface area contributed by atoms with Gasteiger partial charge in [-0.25, -0.2) is 0 Å². The molecule has 1 N–H and O–H groups in total. The van der Waals surface area contributed by atoms with Gasteiger partial charge in [0.1, 0.15) is 0 Å². The molecule has 0 aliphatic heterocycles. The van der Waals surface area contributed by atoms with Crippen LogP contribution in [0.4, 0.5) is 5.69 Å². The van der Waals surface area contributed by atoms with E-state index in [0.29, 0.717) is 0 Å². The minimum absolute atomic E-state index is 0.0811. The Balaban J connectivity index is 2.02. The summed E-state index contributed by atoms with van der Waals surface area (Å²) in [5, 5.41) is 11.2. The monoisotopic (exact) mass is 325 g/mol. The largest absolute Gasteiger partial charge is 0.392 e. The summed E-state index contributed by atoms with van der Waals surface area (Å²) in [5.41, 5.74) is 2.08. The number of benzene rings is 1. The van der Waals surface area contributed by atoms with Crippen molar-refractivity contribution >= 4 is 33.0 Å². The highest BCUT2D eigenvalue weighted by Gasteiger charge is 2.07. The molecule has 4 heteroatoms. The van der Waals surface area contributed by atoms with Crippen LogP contribution in [0.25, 0.3) is 0 Å². The lowest BCUT2D eigenvalue weighted by Crippen LogP contribution is -2.20. The number of aliphatic hydroxyl groups is 1. The smallest absolute Gasteiger partial charge is 0.0682 e. The average molecular weight is 326 g/mol. The Hall–Kier alpha value is -0.840. The van der Waals surface area contributed by atoms with Crippen LogP contribution < -0.4 is 4.90 Å². The molecule has 0 fully saturated rings. The predicted molar refractivity (Wildman–Crippen MR) is 81.4 cm³/mol. The van der Waals surface area contributed by atoms with Gasteiger partial charge in [0.05, 0.1) is 12.3 Å². The molecule has 1 aromatic carbocycles. The molecular formula is C14H16BrNOS. The summed E-state index contributed by atoms with van der Waals surface area (Å²) in [6.45, 7) is 1.06. The fraction of sp³-hybridized carbons (Fsp3) is 0.286. The first-order valence-electron chi connectivity index (χ1n) is 5.83. The number of nitrogens with zero attached hydrogens (tertiary/aromatic N) is 1. The van der Waals surface area contributed by atoms with Crippen LogP contribution in [0.1, 0.15) is 10.4 Å². The van der Waals surface area contributed by atoms with Gasteiger partial charge in [-0.05, 0) is 51.5 Å². The summed E-state index contributed by atoms with van der Waals surface area (Å²) >= 11 is 5.36. The molecule has 0 amide bonds. The molecule has 0 unspecified atom stereocenters. The third-order valence-corrected chi connectivity index (χ3v) is 4.45. The van der Waals surface area contributed by atoms with Crippen molar-refractivity contribution in [2.75, 3.05) is 18.5 Å². The van der Waals surface area contributed by atoms with E-state index < -0.39 is 0 Å². The van der Waals surface area contributed by atoms with Crippen LogP contribution in [0.15, 0.2) is 40.2 Å². The summed E-state index contributed by atoms with van der Waals surface area (Å²) in [7, 11) is 2.09. The molecular weight excluding hydrogens is 310 g/mol. The zero-order valence-corrected chi connectivity index (χ0v) is 12.7. The quantitative estimate of drug-likeness (QED) is 0.906. The van der Waals surface area contributed by atoms with Crippen LogP contribution in [0.3, 0.4) is 0 Å². The fourth-order valence-electron chi connectivity index (χ4n) is 1.81. The molecule has 2 nitrogen and oxygen atoms in total. The van der Waals surface area contributed by atoms with Gasteiger partial charge in [0, 0.05) is 22.9 Å². The lowest BCUT2D eigenvalue weighted by atomic mass is 10.2. The summed E-state index contributed by atoms with van der Waals surface area (Å²) in [5.74, 6) is 0. The van der Waals surface area contributed by atoms with E-state index in [-0.39, 0.29) is 6.61 Å². The predicted octanol–water partition coefficient (Wildman–Crippen LogP) is 3.68. The number of halogens is 1. The Kier molecular flexibility index (Phi) is 4.80. The Morgan fingerprint density at radius 1 is 1.33 bits per heavy atom. The number of likely N-dealkylation sites (N-methyl/N-ethyl adjacent to an activating group) is 1. The number of rotatable bonds is 5. The van der Waals surface area contributed by atoms with Gasteiger partial charge in [-0.3, -0.25) is 0 Å². The molecule has 1 aromatic heterocycles. The number of anilines is 1. The first-order chi connectivity index (χ1) is 8.70. The second-order valence-electron chi connectivity index (χ2n) is 4.19. The second kappa shape index (κ2) is 6.36. The van der Waals surface area contributed by atoms with Crippen molar-refractivity contribution in [1.29, 1.82) is 0 Å². The molecule has 2 aromatic rings. The molecule has 0 radical (unpaired) electrons. The van der Waals surface area contributed by atoms with Gasteiger partial charge in [0.2, 0.25) is 0 Å². The number of hydrogen-bond acceptors (Lipinski definition) is 3. The molecule has 18 heavy (non-hydrogen) atoms. The van der Waals surface area contributed by atoms with Crippen LogP contribution in [0.2, 0.25) is 0 Å². The van der Waals surface area contributed by atoms with Gasteiger partial charge >= 0.3 is 0 Å². The van der Waals surface area contributed by atoms with Crippen molar-refractivity contribution in [3.8, 4) is 0 Å². The Bertz CT molecular complexity index is 499. The molecule has 0 atom stereocenters. The van der Waals surface area contributed by atoms with Gasteiger partial charge in [-0.2, -0.15) is 0 Å². The lowest BCUT2D eigenvalue weighted by Gasteiger charge is -2.20. The molecule has 1 heterocycles. The highest BCUT2D eigenvalue weighted by Crippen LogP contribution is 2.27. The topological polar surface area (TPSA) is 23.5 Å². The Morgan fingerprint density at radius 2 is 2.17 bits per heavy atom. The van der Waals surface area contributed by atoms with E-state index in [4.69, 9.17) is 5.11 Å². The van der Waals surface area contributed by atoms with Crippen molar-refractivity contribution in [3.63, 3.8) is 0 Å². The summed E-state index contributed by atoms with van der Waals surface area (Å²) in [6.07, 6.45) is 1.06. The zero-order chi connectivity index (χ0) is 13.0. The Labute approximate surface area is 120 Å². The normalized spacial score (nSPS) is 10.6. The van der Waals surface area contributed by atoms with Crippen LogP contribution in [0.5, 0.6) is 0 Å². The van der Waals surface area contributed by atoms with Crippen LogP contribution in [-0.2, 0) is 13.0 Å². The number of thiophene rings is 1. The maximum absolute atomic E-state index is 9.09. The SMILES string of the molecule is CN(CCc1cccs1)c1ccc(CO)cc1Br. The average Bonchev–Trinajstić information content (AvgIpc) is 2.88. The molecule has 0 saturated carbocycles. The van der Waals surface area contributed by atoms with Gasteiger partial charge in [-0.15, -0.1) is 11.3 Å². The Morgan fingerprint density at radius 3 is 2.78 bits per heavy atom. The van der Waals surface area contributed by atoms with Crippen molar-refractivity contribution in [1.82, 2.24) is 0 Å². The van der Waals surface area contributed by atoms with Gasteiger partial charge in [-0.1, -0.05) is 12.1 Å². The maximum Gasteiger partial charge on any atom is 0.0682 e. The molecule has 0 bridgehead atoms.